The molecular weight excluding hydrogens is 701 g/mol. The normalized spacial score (nSPS) is 12.3. The molecule has 56 heavy (non-hydrogen) atoms. The van der Waals surface area contributed by atoms with E-state index in [-0.39, 0.29) is 13.0 Å². The van der Waals surface area contributed by atoms with Gasteiger partial charge in [-0.1, -0.05) is 181 Å². The Bertz CT molecular complexity index is 967. The summed E-state index contributed by atoms with van der Waals surface area (Å²) in [4.78, 5) is 34.9. The lowest BCUT2D eigenvalue weighted by molar-refractivity contribution is -0.147. The third kappa shape index (κ3) is 34.0. The first-order valence-corrected chi connectivity index (χ1v) is 23.7. The zero-order valence-electron chi connectivity index (χ0n) is 37.4. The number of aromatic amines is 1. The first kappa shape index (κ1) is 51.9. The van der Waals surface area contributed by atoms with E-state index in [2.05, 4.69) is 34.0 Å². The largest absolute Gasteiger partial charge is 0.462 e. The summed E-state index contributed by atoms with van der Waals surface area (Å²) >= 11 is 0. The number of rotatable bonds is 40. The maximum absolute atomic E-state index is 12.9. The molecule has 0 aromatic carbocycles. The Balaban J connectivity index is 2.34. The summed E-state index contributed by atoms with van der Waals surface area (Å²) < 4.78 is 16.8. The van der Waals surface area contributed by atoms with Crippen LogP contribution < -0.4 is 5.32 Å². The summed E-state index contributed by atoms with van der Waals surface area (Å²) in [6.07, 6.45) is 41.4. The van der Waals surface area contributed by atoms with Gasteiger partial charge in [0.1, 0.15) is 18.2 Å². The summed E-state index contributed by atoms with van der Waals surface area (Å²) in [5.74, 6) is -0.522. The number of hydrogen-bond donors (Lipinski definition) is 2. The molecule has 0 spiro atoms. The van der Waals surface area contributed by atoms with Crippen LogP contribution in [0.15, 0.2) is 12.5 Å². The summed E-state index contributed by atoms with van der Waals surface area (Å²) in [7, 11) is 0. The molecule has 1 aromatic rings. The third-order valence-electron chi connectivity index (χ3n) is 10.6. The van der Waals surface area contributed by atoms with Crippen LogP contribution in [-0.4, -0.2) is 78.0 Å². The Morgan fingerprint density at radius 3 is 1.45 bits per heavy atom. The SMILES string of the molecule is CCCCCCCCCCCCCCCCN(CCCCCCCCCCCCCCCC)CCOCCOC(=O)C(Cc1cnc[nH]1)NC(=O)OC(C)(C)C. The van der Waals surface area contributed by atoms with E-state index in [1.165, 1.54) is 180 Å². The molecule has 0 aliphatic rings. The van der Waals surface area contributed by atoms with Gasteiger partial charge in [0, 0.05) is 24.9 Å². The van der Waals surface area contributed by atoms with Crippen molar-refractivity contribution in [3.05, 3.63) is 18.2 Å². The second-order valence-corrected chi connectivity index (χ2v) is 17.3. The Morgan fingerprint density at radius 1 is 0.625 bits per heavy atom. The van der Waals surface area contributed by atoms with Gasteiger partial charge in [-0.2, -0.15) is 0 Å². The lowest BCUT2D eigenvalue weighted by atomic mass is 10.0. The number of amides is 1. The number of nitrogens with one attached hydrogen (secondary N) is 2. The van der Waals surface area contributed by atoms with Crippen molar-refractivity contribution < 1.29 is 23.8 Å². The zero-order chi connectivity index (χ0) is 40.8. The van der Waals surface area contributed by atoms with Crippen molar-refractivity contribution in [2.45, 2.75) is 232 Å². The van der Waals surface area contributed by atoms with Crippen LogP contribution >= 0.6 is 0 Å². The molecule has 9 nitrogen and oxygen atoms in total. The molecule has 0 radical (unpaired) electrons. The number of unbranched alkanes of at least 4 members (excludes halogenated alkanes) is 26. The highest BCUT2D eigenvalue weighted by molar-refractivity contribution is 5.81. The molecule has 9 heteroatoms. The van der Waals surface area contributed by atoms with Crippen LogP contribution in [-0.2, 0) is 25.4 Å². The molecule has 0 aliphatic heterocycles. The quantitative estimate of drug-likeness (QED) is 0.0503. The van der Waals surface area contributed by atoms with Crippen LogP contribution in [0.4, 0.5) is 4.79 Å². The zero-order valence-corrected chi connectivity index (χ0v) is 37.4. The van der Waals surface area contributed by atoms with Gasteiger partial charge in [0.15, 0.2) is 0 Å². The van der Waals surface area contributed by atoms with Gasteiger partial charge >= 0.3 is 12.1 Å². The number of carbonyl (C=O) groups excluding carboxylic acids is 2. The lowest BCUT2D eigenvalue weighted by Crippen LogP contribution is -2.45. The van der Waals surface area contributed by atoms with E-state index in [4.69, 9.17) is 14.2 Å². The van der Waals surface area contributed by atoms with E-state index in [0.717, 1.165) is 25.3 Å². The lowest BCUT2D eigenvalue weighted by Gasteiger charge is -2.23. The fraction of sp³-hybridized carbons (Fsp3) is 0.894. The molecule has 1 rings (SSSR count). The number of esters is 1. The molecule has 328 valence electrons. The summed E-state index contributed by atoms with van der Waals surface area (Å²) in [5.41, 5.74) is 0.0459. The maximum Gasteiger partial charge on any atom is 0.408 e. The van der Waals surface area contributed by atoms with Gasteiger partial charge in [0.25, 0.3) is 0 Å². The summed E-state index contributed by atoms with van der Waals surface area (Å²) in [6.45, 7) is 14.1. The minimum Gasteiger partial charge on any atom is -0.462 e. The van der Waals surface area contributed by atoms with Gasteiger partial charge in [0.2, 0.25) is 0 Å². The number of nitrogens with zero attached hydrogens (tertiary/aromatic N) is 2. The predicted molar refractivity (Wildman–Crippen MR) is 234 cm³/mol. The van der Waals surface area contributed by atoms with Gasteiger partial charge in [-0.3, -0.25) is 0 Å². The molecule has 0 saturated carbocycles. The third-order valence-corrected chi connectivity index (χ3v) is 10.6. The fourth-order valence-electron chi connectivity index (χ4n) is 7.25. The van der Waals surface area contributed by atoms with E-state index in [9.17, 15) is 9.59 Å². The smallest absolute Gasteiger partial charge is 0.408 e. The Hall–Kier alpha value is -2.13. The van der Waals surface area contributed by atoms with E-state index >= 15 is 0 Å². The van der Waals surface area contributed by atoms with Gasteiger partial charge in [0.05, 0.1) is 19.5 Å². The van der Waals surface area contributed by atoms with Crippen molar-refractivity contribution in [2.75, 3.05) is 39.5 Å². The fourth-order valence-corrected chi connectivity index (χ4v) is 7.25. The van der Waals surface area contributed by atoms with Crippen LogP contribution in [0.3, 0.4) is 0 Å². The van der Waals surface area contributed by atoms with Crippen molar-refractivity contribution in [2.24, 2.45) is 0 Å². The molecule has 1 atom stereocenters. The second kappa shape index (κ2) is 37.2. The predicted octanol–water partition coefficient (Wildman–Crippen LogP) is 12.7. The van der Waals surface area contributed by atoms with Crippen LogP contribution in [0, 0.1) is 0 Å². The van der Waals surface area contributed by atoms with Gasteiger partial charge in [-0.25, -0.2) is 14.6 Å². The van der Waals surface area contributed by atoms with Crippen LogP contribution in [0.1, 0.15) is 220 Å². The number of H-pyrrole nitrogens is 1. The van der Waals surface area contributed by atoms with Gasteiger partial charge in [-0.05, 0) is 46.7 Å². The topological polar surface area (TPSA) is 106 Å². The summed E-state index contributed by atoms with van der Waals surface area (Å²) in [5, 5.41) is 2.65. The van der Waals surface area contributed by atoms with E-state index in [0.29, 0.717) is 13.2 Å². The van der Waals surface area contributed by atoms with Crippen LogP contribution in [0.2, 0.25) is 0 Å². The Kier molecular flexibility index (Phi) is 34.4. The average molecular weight is 791 g/mol. The standard InChI is InChI=1S/C47H90N4O5/c1-6-8-10-12-14-16-18-20-22-24-26-28-30-32-34-51(35-33-31-29-27-25-23-21-19-17-15-13-11-9-7-2)36-37-54-38-39-55-45(52)44(40-43-41-48-42-49-43)50-46(53)56-47(3,4)5/h41-42,44H,6-40H2,1-5H3,(H,48,49)(H,50,53). The van der Waals surface area contributed by atoms with Crippen molar-refractivity contribution in [1.82, 2.24) is 20.2 Å². The number of ether oxygens (including phenoxy) is 3. The molecule has 1 unspecified atom stereocenters. The number of imidazole rings is 1. The minimum atomic E-state index is -0.893. The molecule has 1 amide bonds. The van der Waals surface area contributed by atoms with Crippen molar-refractivity contribution in [3.8, 4) is 0 Å². The van der Waals surface area contributed by atoms with Crippen molar-refractivity contribution in [1.29, 1.82) is 0 Å². The molecule has 0 saturated heterocycles. The van der Waals surface area contributed by atoms with E-state index in [1.807, 2.05) is 0 Å². The maximum atomic E-state index is 12.9. The highest BCUT2D eigenvalue weighted by Gasteiger charge is 2.26. The molecule has 1 heterocycles. The molecule has 0 aliphatic carbocycles. The van der Waals surface area contributed by atoms with Gasteiger partial charge in [-0.15, -0.1) is 0 Å². The second-order valence-electron chi connectivity index (χ2n) is 17.3. The molecule has 1 aromatic heterocycles. The monoisotopic (exact) mass is 791 g/mol. The number of alkyl carbamates (subject to hydrolysis) is 1. The summed E-state index contributed by atoms with van der Waals surface area (Å²) in [6, 6.07) is -0.893. The highest BCUT2D eigenvalue weighted by Crippen LogP contribution is 2.15. The number of carbonyl (C=O) groups is 2. The highest BCUT2D eigenvalue weighted by atomic mass is 16.6. The van der Waals surface area contributed by atoms with Crippen LogP contribution in [0.5, 0.6) is 0 Å². The van der Waals surface area contributed by atoms with E-state index in [1.54, 1.807) is 33.3 Å². The molecular formula is C47H90N4O5. The first-order chi connectivity index (χ1) is 27.2. The minimum absolute atomic E-state index is 0.131. The number of hydrogen-bond acceptors (Lipinski definition) is 7. The van der Waals surface area contributed by atoms with Crippen molar-refractivity contribution in [3.63, 3.8) is 0 Å². The van der Waals surface area contributed by atoms with Crippen molar-refractivity contribution >= 4 is 12.1 Å². The van der Waals surface area contributed by atoms with E-state index < -0.39 is 23.7 Å². The number of aromatic nitrogens is 2. The van der Waals surface area contributed by atoms with Gasteiger partial charge < -0.3 is 29.4 Å². The van der Waals surface area contributed by atoms with Crippen LogP contribution in [0.25, 0.3) is 0 Å². The average Bonchev–Trinajstić information content (AvgIpc) is 3.68. The Morgan fingerprint density at radius 2 is 1.05 bits per heavy atom. The Labute approximate surface area is 345 Å². The molecule has 2 N–H and O–H groups in total. The molecule has 0 bridgehead atoms. The molecule has 0 fully saturated rings. The first-order valence-electron chi connectivity index (χ1n) is 23.7.